The highest BCUT2D eigenvalue weighted by molar-refractivity contribution is 7.99. The summed E-state index contributed by atoms with van der Waals surface area (Å²) in [5.74, 6) is 2.68. The van der Waals surface area contributed by atoms with Crippen molar-refractivity contribution in [2.45, 2.75) is 32.0 Å². The lowest BCUT2D eigenvalue weighted by molar-refractivity contribution is 0.318. The van der Waals surface area contributed by atoms with Crippen LogP contribution in [0.2, 0.25) is 0 Å². The molecule has 2 heterocycles. The molecule has 0 aliphatic rings. The first kappa shape index (κ1) is 19.2. The zero-order valence-corrected chi connectivity index (χ0v) is 16.6. The monoisotopic (exact) mass is 380 g/mol. The number of aryl methyl sites for hydroxylation is 2. The van der Waals surface area contributed by atoms with Gasteiger partial charge in [0.1, 0.15) is 5.75 Å². The summed E-state index contributed by atoms with van der Waals surface area (Å²) in [6.45, 7) is 9.41. The molecule has 140 valence electrons. The normalized spacial score (nSPS) is 10.7. The second-order valence-electron chi connectivity index (χ2n) is 6.24. The van der Waals surface area contributed by atoms with E-state index in [4.69, 9.17) is 4.74 Å². The van der Waals surface area contributed by atoms with Gasteiger partial charge in [-0.3, -0.25) is 9.55 Å². The van der Waals surface area contributed by atoms with E-state index in [-0.39, 0.29) is 0 Å². The van der Waals surface area contributed by atoms with Gasteiger partial charge in [0, 0.05) is 30.3 Å². The Bertz CT molecular complexity index is 892. The molecular weight excluding hydrogens is 356 g/mol. The highest BCUT2D eigenvalue weighted by Crippen LogP contribution is 2.24. The van der Waals surface area contributed by atoms with Crippen molar-refractivity contribution in [1.29, 1.82) is 0 Å². The molecule has 3 aromatic rings. The van der Waals surface area contributed by atoms with E-state index < -0.39 is 0 Å². The van der Waals surface area contributed by atoms with Crippen molar-refractivity contribution in [2.24, 2.45) is 0 Å². The smallest absolute Gasteiger partial charge is 0.191 e. The van der Waals surface area contributed by atoms with E-state index in [1.807, 2.05) is 24.3 Å². The third kappa shape index (κ3) is 4.98. The Morgan fingerprint density at radius 2 is 1.93 bits per heavy atom. The third-order valence-electron chi connectivity index (χ3n) is 4.23. The molecule has 0 spiro atoms. The minimum absolute atomic E-state index is 0.673. The average molecular weight is 381 g/mol. The summed E-state index contributed by atoms with van der Waals surface area (Å²) in [7, 11) is 0. The van der Waals surface area contributed by atoms with Crippen LogP contribution in [0.3, 0.4) is 0 Å². The van der Waals surface area contributed by atoms with Crippen LogP contribution in [-0.4, -0.2) is 32.1 Å². The highest BCUT2D eigenvalue weighted by Gasteiger charge is 2.13. The Hall–Kier alpha value is -2.60. The number of thioether (sulfide) groups is 1. The number of nitrogens with zero attached hydrogens (tertiary/aromatic N) is 4. The van der Waals surface area contributed by atoms with Gasteiger partial charge in [-0.2, -0.15) is 0 Å². The Labute approximate surface area is 164 Å². The molecule has 0 aliphatic carbocycles. The molecule has 0 bridgehead atoms. The van der Waals surface area contributed by atoms with Gasteiger partial charge in [-0.1, -0.05) is 23.9 Å². The van der Waals surface area contributed by atoms with Gasteiger partial charge in [0.25, 0.3) is 0 Å². The number of rotatable bonds is 9. The van der Waals surface area contributed by atoms with E-state index in [0.717, 1.165) is 34.5 Å². The summed E-state index contributed by atoms with van der Waals surface area (Å²) >= 11 is 1.69. The maximum atomic E-state index is 5.85. The molecule has 0 atom stereocenters. The van der Waals surface area contributed by atoms with Crippen LogP contribution in [0.15, 0.2) is 60.5 Å². The Kier molecular flexibility index (Phi) is 6.65. The second kappa shape index (κ2) is 9.37. The average Bonchev–Trinajstić information content (AvgIpc) is 3.08. The van der Waals surface area contributed by atoms with Crippen LogP contribution in [0.5, 0.6) is 5.75 Å². The van der Waals surface area contributed by atoms with Crippen LogP contribution in [-0.2, 0) is 6.54 Å². The third-order valence-corrected chi connectivity index (χ3v) is 5.29. The first-order chi connectivity index (χ1) is 13.2. The number of hydrogen-bond acceptors (Lipinski definition) is 5. The lowest BCUT2D eigenvalue weighted by Crippen LogP contribution is -2.02. The fraction of sp³-hybridized carbons (Fsp3) is 0.286. The number of pyridine rings is 1. The SMILES string of the molecule is C=CCn1c(SCCCOc2ccc(C)c(C)c2)nnc1-c1ccncc1. The van der Waals surface area contributed by atoms with Crippen LogP contribution < -0.4 is 4.74 Å². The quantitative estimate of drug-likeness (QED) is 0.306. The second-order valence-corrected chi connectivity index (χ2v) is 7.30. The first-order valence-electron chi connectivity index (χ1n) is 8.96. The molecule has 1 aromatic carbocycles. The van der Waals surface area contributed by atoms with Gasteiger partial charge >= 0.3 is 0 Å². The maximum Gasteiger partial charge on any atom is 0.191 e. The van der Waals surface area contributed by atoms with E-state index in [1.165, 1.54) is 11.1 Å². The lowest BCUT2D eigenvalue weighted by atomic mass is 10.1. The molecule has 6 heteroatoms. The fourth-order valence-corrected chi connectivity index (χ4v) is 3.48. The Morgan fingerprint density at radius 3 is 2.67 bits per heavy atom. The van der Waals surface area contributed by atoms with Crippen molar-refractivity contribution in [3.05, 3.63) is 66.5 Å². The van der Waals surface area contributed by atoms with E-state index in [1.54, 1.807) is 24.2 Å². The highest BCUT2D eigenvalue weighted by atomic mass is 32.2. The van der Waals surface area contributed by atoms with Gasteiger partial charge in [-0.15, -0.1) is 16.8 Å². The molecular formula is C21H24N4OS. The largest absolute Gasteiger partial charge is 0.494 e. The Morgan fingerprint density at radius 1 is 1.11 bits per heavy atom. The summed E-state index contributed by atoms with van der Waals surface area (Å²) in [6, 6.07) is 10.1. The molecule has 0 N–H and O–H groups in total. The first-order valence-corrected chi connectivity index (χ1v) is 9.95. The van der Waals surface area contributed by atoms with Crippen molar-refractivity contribution in [1.82, 2.24) is 19.7 Å². The summed E-state index contributed by atoms with van der Waals surface area (Å²) in [5.41, 5.74) is 3.54. The van der Waals surface area contributed by atoms with Crippen LogP contribution in [0.1, 0.15) is 17.5 Å². The molecule has 0 saturated heterocycles. The van der Waals surface area contributed by atoms with E-state index in [0.29, 0.717) is 13.2 Å². The molecule has 3 rings (SSSR count). The lowest BCUT2D eigenvalue weighted by Gasteiger charge is -2.09. The van der Waals surface area contributed by atoms with Crippen LogP contribution >= 0.6 is 11.8 Å². The molecule has 0 saturated carbocycles. The molecule has 0 aliphatic heterocycles. The summed E-state index contributed by atoms with van der Waals surface area (Å²) in [5, 5.41) is 9.61. The minimum Gasteiger partial charge on any atom is -0.494 e. The minimum atomic E-state index is 0.673. The van der Waals surface area contributed by atoms with E-state index >= 15 is 0 Å². The van der Waals surface area contributed by atoms with Gasteiger partial charge in [0.15, 0.2) is 11.0 Å². The van der Waals surface area contributed by atoms with Gasteiger partial charge in [-0.05, 0) is 55.7 Å². The predicted octanol–water partition coefficient (Wildman–Crippen LogP) is 4.70. The van der Waals surface area contributed by atoms with E-state index in [9.17, 15) is 0 Å². The fourth-order valence-electron chi connectivity index (χ4n) is 2.62. The maximum absolute atomic E-state index is 5.85. The van der Waals surface area contributed by atoms with Crippen molar-refractivity contribution >= 4 is 11.8 Å². The van der Waals surface area contributed by atoms with Gasteiger partial charge in [-0.25, -0.2) is 0 Å². The molecule has 0 unspecified atom stereocenters. The van der Waals surface area contributed by atoms with Crippen molar-refractivity contribution in [2.75, 3.05) is 12.4 Å². The number of hydrogen-bond donors (Lipinski definition) is 0. The number of aromatic nitrogens is 4. The molecule has 0 radical (unpaired) electrons. The van der Waals surface area contributed by atoms with Crippen LogP contribution in [0, 0.1) is 13.8 Å². The molecule has 5 nitrogen and oxygen atoms in total. The van der Waals surface area contributed by atoms with Gasteiger partial charge < -0.3 is 4.74 Å². The van der Waals surface area contributed by atoms with Crippen molar-refractivity contribution in [3.8, 4) is 17.1 Å². The number of allylic oxidation sites excluding steroid dienone is 1. The molecule has 2 aromatic heterocycles. The van der Waals surface area contributed by atoms with E-state index in [2.05, 4.69) is 52.3 Å². The van der Waals surface area contributed by atoms with Crippen molar-refractivity contribution < 1.29 is 4.74 Å². The van der Waals surface area contributed by atoms with Gasteiger partial charge in [0.2, 0.25) is 0 Å². The topological polar surface area (TPSA) is 52.8 Å². The van der Waals surface area contributed by atoms with Crippen LogP contribution in [0.4, 0.5) is 0 Å². The molecule has 0 fully saturated rings. The number of benzene rings is 1. The van der Waals surface area contributed by atoms with Crippen LogP contribution in [0.25, 0.3) is 11.4 Å². The number of ether oxygens (including phenoxy) is 1. The molecule has 27 heavy (non-hydrogen) atoms. The van der Waals surface area contributed by atoms with Gasteiger partial charge in [0.05, 0.1) is 6.61 Å². The standard InChI is InChI=1S/C21H24N4OS/c1-4-12-25-20(18-8-10-22-11-9-18)23-24-21(25)27-14-5-13-26-19-7-6-16(2)17(3)15-19/h4,6-11,15H,1,5,12-14H2,2-3H3. The molecule has 0 amide bonds. The summed E-state index contributed by atoms with van der Waals surface area (Å²) in [6.07, 6.45) is 6.32. The predicted molar refractivity (Wildman–Crippen MR) is 110 cm³/mol. The van der Waals surface area contributed by atoms with Crippen molar-refractivity contribution in [3.63, 3.8) is 0 Å². The summed E-state index contributed by atoms with van der Waals surface area (Å²) < 4.78 is 7.93. The zero-order chi connectivity index (χ0) is 19.1. The Balaban J connectivity index is 1.55. The summed E-state index contributed by atoms with van der Waals surface area (Å²) in [4.78, 5) is 4.06. The zero-order valence-electron chi connectivity index (χ0n) is 15.8.